The fourth-order valence-corrected chi connectivity index (χ4v) is 3.08. The molecule has 1 aliphatic heterocycles. The van der Waals surface area contributed by atoms with E-state index in [4.69, 9.17) is 0 Å². The Hall–Kier alpha value is -1.97. The SMILES string of the molecule is CCCCc1ccc2c(c1)CC(c1cccc(C(F)(F)F)c1)N2. The Labute approximate surface area is 134 Å². The van der Waals surface area contributed by atoms with Crippen LogP contribution in [0, 0.1) is 0 Å². The predicted octanol–water partition coefficient (Wildman–Crippen LogP) is 5.76. The fourth-order valence-electron chi connectivity index (χ4n) is 3.08. The van der Waals surface area contributed by atoms with E-state index in [1.807, 2.05) is 6.07 Å². The van der Waals surface area contributed by atoms with Crippen LogP contribution >= 0.6 is 0 Å². The molecule has 3 rings (SSSR count). The Bertz CT molecular complexity index is 691. The third-order valence-electron chi connectivity index (χ3n) is 4.36. The molecule has 0 aromatic heterocycles. The smallest absolute Gasteiger partial charge is 0.378 e. The number of rotatable bonds is 4. The Morgan fingerprint density at radius 3 is 2.70 bits per heavy atom. The van der Waals surface area contributed by atoms with Gasteiger partial charge in [-0.15, -0.1) is 0 Å². The molecule has 0 saturated carbocycles. The number of alkyl halides is 3. The van der Waals surface area contributed by atoms with E-state index >= 15 is 0 Å². The molecule has 122 valence electrons. The van der Waals surface area contributed by atoms with Crippen LogP contribution in [-0.4, -0.2) is 0 Å². The molecule has 0 bridgehead atoms. The van der Waals surface area contributed by atoms with E-state index in [1.54, 1.807) is 6.07 Å². The fraction of sp³-hybridized carbons (Fsp3) is 0.368. The maximum Gasteiger partial charge on any atom is 0.416 e. The summed E-state index contributed by atoms with van der Waals surface area (Å²) >= 11 is 0. The number of fused-ring (bicyclic) bond motifs is 1. The number of benzene rings is 2. The second kappa shape index (κ2) is 6.26. The minimum atomic E-state index is -4.30. The van der Waals surface area contributed by atoms with E-state index in [9.17, 15) is 13.2 Å². The first kappa shape index (κ1) is 15.9. The van der Waals surface area contributed by atoms with Gasteiger partial charge in [-0.1, -0.05) is 37.6 Å². The van der Waals surface area contributed by atoms with E-state index in [0.717, 1.165) is 37.4 Å². The summed E-state index contributed by atoms with van der Waals surface area (Å²) in [6.07, 6.45) is -0.200. The summed E-state index contributed by atoms with van der Waals surface area (Å²) in [6.45, 7) is 2.17. The number of hydrogen-bond acceptors (Lipinski definition) is 1. The topological polar surface area (TPSA) is 12.0 Å². The first-order valence-electron chi connectivity index (χ1n) is 8.03. The molecule has 23 heavy (non-hydrogen) atoms. The molecule has 4 heteroatoms. The highest BCUT2D eigenvalue weighted by Crippen LogP contribution is 2.37. The summed E-state index contributed by atoms with van der Waals surface area (Å²) in [5.74, 6) is 0. The van der Waals surface area contributed by atoms with Gasteiger partial charge in [0.05, 0.1) is 11.6 Å². The number of nitrogens with one attached hydrogen (secondary N) is 1. The molecule has 2 aromatic carbocycles. The second-order valence-corrected chi connectivity index (χ2v) is 6.12. The van der Waals surface area contributed by atoms with Gasteiger partial charge in [-0.2, -0.15) is 13.2 Å². The van der Waals surface area contributed by atoms with Gasteiger partial charge in [0, 0.05) is 5.69 Å². The van der Waals surface area contributed by atoms with Gasteiger partial charge in [-0.25, -0.2) is 0 Å². The van der Waals surface area contributed by atoms with Crippen LogP contribution in [0.1, 0.15) is 48.1 Å². The summed E-state index contributed by atoms with van der Waals surface area (Å²) < 4.78 is 38.6. The van der Waals surface area contributed by atoms with Crippen molar-refractivity contribution in [3.63, 3.8) is 0 Å². The van der Waals surface area contributed by atoms with E-state index in [1.165, 1.54) is 23.3 Å². The lowest BCUT2D eigenvalue weighted by atomic mass is 9.99. The maximum atomic E-state index is 12.9. The molecular weight excluding hydrogens is 299 g/mol. The lowest BCUT2D eigenvalue weighted by Crippen LogP contribution is -2.09. The molecule has 1 atom stereocenters. The van der Waals surface area contributed by atoms with Crippen molar-refractivity contribution in [1.29, 1.82) is 0 Å². The van der Waals surface area contributed by atoms with Gasteiger partial charge < -0.3 is 5.32 Å². The van der Waals surface area contributed by atoms with E-state index in [0.29, 0.717) is 5.56 Å². The third kappa shape index (κ3) is 3.52. The molecule has 0 aliphatic carbocycles. The number of hydrogen-bond donors (Lipinski definition) is 1. The van der Waals surface area contributed by atoms with Crippen molar-refractivity contribution in [3.05, 3.63) is 64.7 Å². The normalized spacial score (nSPS) is 17.0. The number of unbranched alkanes of at least 4 members (excludes halogenated alkanes) is 1. The van der Waals surface area contributed by atoms with Crippen LogP contribution in [0.3, 0.4) is 0 Å². The molecule has 0 spiro atoms. The van der Waals surface area contributed by atoms with Crippen molar-refractivity contribution in [2.45, 2.75) is 44.8 Å². The van der Waals surface area contributed by atoms with Crippen molar-refractivity contribution in [2.24, 2.45) is 0 Å². The average Bonchev–Trinajstić information content (AvgIpc) is 2.95. The highest BCUT2D eigenvalue weighted by atomic mass is 19.4. The second-order valence-electron chi connectivity index (χ2n) is 6.12. The van der Waals surface area contributed by atoms with E-state index in [2.05, 4.69) is 24.4 Å². The molecule has 1 heterocycles. The van der Waals surface area contributed by atoms with E-state index < -0.39 is 11.7 Å². The van der Waals surface area contributed by atoms with Crippen LogP contribution in [0.25, 0.3) is 0 Å². The lowest BCUT2D eigenvalue weighted by molar-refractivity contribution is -0.137. The monoisotopic (exact) mass is 319 g/mol. The number of aryl methyl sites for hydroxylation is 1. The summed E-state index contributed by atoms with van der Waals surface area (Å²) in [4.78, 5) is 0. The zero-order valence-electron chi connectivity index (χ0n) is 13.1. The molecule has 0 amide bonds. The summed E-state index contributed by atoms with van der Waals surface area (Å²) in [5.41, 5.74) is 3.63. The third-order valence-corrected chi connectivity index (χ3v) is 4.36. The molecule has 1 nitrogen and oxygen atoms in total. The standard InChI is InChI=1S/C19H20F3N/c1-2-3-5-13-8-9-17-15(10-13)12-18(23-17)14-6-4-7-16(11-14)19(20,21)22/h4,6-11,18,23H,2-3,5,12H2,1H3. The zero-order chi connectivity index (χ0) is 16.4. The van der Waals surface area contributed by atoms with Gasteiger partial charge >= 0.3 is 6.18 Å². The van der Waals surface area contributed by atoms with Gasteiger partial charge in [0.25, 0.3) is 0 Å². The minimum absolute atomic E-state index is 0.0891. The Morgan fingerprint density at radius 2 is 1.96 bits per heavy atom. The molecular formula is C19H20F3N. The molecule has 1 unspecified atom stereocenters. The Morgan fingerprint density at radius 1 is 1.13 bits per heavy atom. The minimum Gasteiger partial charge on any atom is -0.378 e. The summed E-state index contributed by atoms with van der Waals surface area (Å²) in [6, 6.07) is 11.9. The molecule has 1 N–H and O–H groups in total. The van der Waals surface area contributed by atoms with Crippen LogP contribution in [0.15, 0.2) is 42.5 Å². The highest BCUT2D eigenvalue weighted by molar-refractivity contribution is 5.59. The van der Waals surface area contributed by atoms with Crippen molar-refractivity contribution < 1.29 is 13.2 Å². The molecule has 0 saturated heterocycles. The van der Waals surface area contributed by atoms with Gasteiger partial charge in [0.1, 0.15) is 0 Å². The Balaban J connectivity index is 1.79. The van der Waals surface area contributed by atoms with Gasteiger partial charge in [0.15, 0.2) is 0 Å². The van der Waals surface area contributed by atoms with Gasteiger partial charge in [-0.05, 0) is 54.2 Å². The van der Waals surface area contributed by atoms with Gasteiger partial charge in [-0.3, -0.25) is 0 Å². The highest BCUT2D eigenvalue weighted by Gasteiger charge is 2.31. The van der Waals surface area contributed by atoms with Gasteiger partial charge in [0.2, 0.25) is 0 Å². The first-order valence-corrected chi connectivity index (χ1v) is 8.03. The quantitative estimate of drug-likeness (QED) is 0.756. The zero-order valence-corrected chi connectivity index (χ0v) is 13.1. The summed E-state index contributed by atoms with van der Waals surface area (Å²) in [5, 5.41) is 3.35. The molecule has 1 aliphatic rings. The molecule has 2 aromatic rings. The van der Waals surface area contributed by atoms with Crippen LogP contribution < -0.4 is 5.32 Å². The van der Waals surface area contributed by atoms with Crippen molar-refractivity contribution in [2.75, 3.05) is 5.32 Å². The van der Waals surface area contributed by atoms with Crippen molar-refractivity contribution >= 4 is 5.69 Å². The predicted molar refractivity (Wildman–Crippen MR) is 86.6 cm³/mol. The average molecular weight is 319 g/mol. The van der Waals surface area contributed by atoms with Crippen LogP contribution in [-0.2, 0) is 19.0 Å². The van der Waals surface area contributed by atoms with Crippen LogP contribution in [0.2, 0.25) is 0 Å². The van der Waals surface area contributed by atoms with Crippen molar-refractivity contribution in [1.82, 2.24) is 0 Å². The van der Waals surface area contributed by atoms with Crippen LogP contribution in [0.4, 0.5) is 18.9 Å². The Kier molecular flexibility index (Phi) is 4.33. The molecule has 0 fully saturated rings. The number of halogens is 3. The largest absolute Gasteiger partial charge is 0.416 e. The lowest BCUT2D eigenvalue weighted by Gasteiger charge is -2.14. The summed E-state index contributed by atoms with van der Waals surface area (Å²) in [7, 11) is 0. The number of anilines is 1. The van der Waals surface area contributed by atoms with E-state index in [-0.39, 0.29) is 6.04 Å². The van der Waals surface area contributed by atoms with Crippen LogP contribution in [0.5, 0.6) is 0 Å². The molecule has 0 radical (unpaired) electrons. The first-order chi connectivity index (χ1) is 11.0. The maximum absolute atomic E-state index is 12.9. The van der Waals surface area contributed by atoms with Crippen molar-refractivity contribution in [3.8, 4) is 0 Å².